The van der Waals surface area contributed by atoms with E-state index in [1.54, 1.807) is 6.20 Å². The maximum absolute atomic E-state index is 12.7. The molecule has 0 spiro atoms. The standard InChI is InChI=1S/C17H26N4O2/c1-19-7-5-15(6-8-19)20(2)17(22)14-3-4-16(18-13-14)21-9-11-23-12-10-21/h3-4,13,15H,5-12H2,1-2H3. The molecule has 2 aliphatic rings. The lowest BCUT2D eigenvalue weighted by Crippen LogP contribution is -2.44. The van der Waals surface area contributed by atoms with Gasteiger partial charge in [-0.25, -0.2) is 4.98 Å². The fourth-order valence-electron chi connectivity index (χ4n) is 3.24. The van der Waals surface area contributed by atoms with Crippen LogP contribution >= 0.6 is 0 Å². The van der Waals surface area contributed by atoms with E-state index in [0.29, 0.717) is 11.6 Å². The number of rotatable bonds is 3. The molecule has 1 aromatic rings. The number of carbonyl (C=O) groups excluding carboxylic acids is 1. The summed E-state index contributed by atoms with van der Waals surface area (Å²) in [5.41, 5.74) is 0.670. The van der Waals surface area contributed by atoms with E-state index in [-0.39, 0.29) is 5.91 Å². The summed E-state index contributed by atoms with van der Waals surface area (Å²) in [7, 11) is 4.04. The van der Waals surface area contributed by atoms with Crippen molar-refractivity contribution in [3.05, 3.63) is 23.9 Å². The van der Waals surface area contributed by atoms with Crippen LogP contribution in [0.5, 0.6) is 0 Å². The molecule has 0 radical (unpaired) electrons. The molecule has 0 atom stereocenters. The van der Waals surface area contributed by atoms with Crippen LogP contribution in [0.4, 0.5) is 5.82 Å². The number of aromatic nitrogens is 1. The van der Waals surface area contributed by atoms with Crippen molar-refractivity contribution >= 4 is 11.7 Å². The quantitative estimate of drug-likeness (QED) is 0.835. The smallest absolute Gasteiger partial charge is 0.255 e. The number of morpholine rings is 1. The number of likely N-dealkylation sites (tertiary alicyclic amines) is 1. The Balaban J connectivity index is 1.62. The number of hydrogen-bond acceptors (Lipinski definition) is 5. The summed E-state index contributed by atoms with van der Waals surface area (Å²) in [5.74, 6) is 0.993. The second-order valence-electron chi connectivity index (χ2n) is 6.46. The first kappa shape index (κ1) is 16.2. The molecule has 1 amide bonds. The second kappa shape index (κ2) is 7.27. The Kier molecular flexibility index (Phi) is 5.13. The normalized spacial score (nSPS) is 20.5. The zero-order chi connectivity index (χ0) is 16.2. The summed E-state index contributed by atoms with van der Waals surface area (Å²) >= 11 is 0. The minimum absolute atomic E-state index is 0.0700. The maximum Gasteiger partial charge on any atom is 0.255 e. The van der Waals surface area contributed by atoms with Gasteiger partial charge in [0.25, 0.3) is 5.91 Å². The van der Waals surface area contributed by atoms with Crippen LogP contribution in [-0.4, -0.2) is 80.2 Å². The first-order valence-corrected chi connectivity index (χ1v) is 8.39. The summed E-state index contributed by atoms with van der Waals surface area (Å²) < 4.78 is 5.36. The molecule has 0 aromatic carbocycles. The Morgan fingerprint density at radius 3 is 2.52 bits per heavy atom. The highest BCUT2D eigenvalue weighted by atomic mass is 16.5. The molecule has 6 nitrogen and oxygen atoms in total. The Morgan fingerprint density at radius 2 is 1.91 bits per heavy atom. The molecule has 23 heavy (non-hydrogen) atoms. The van der Waals surface area contributed by atoms with Gasteiger partial charge >= 0.3 is 0 Å². The highest BCUT2D eigenvalue weighted by Gasteiger charge is 2.25. The van der Waals surface area contributed by atoms with E-state index in [4.69, 9.17) is 4.74 Å². The number of ether oxygens (including phenoxy) is 1. The van der Waals surface area contributed by atoms with Crippen molar-refractivity contribution in [2.24, 2.45) is 0 Å². The predicted molar refractivity (Wildman–Crippen MR) is 89.9 cm³/mol. The van der Waals surface area contributed by atoms with Crippen LogP contribution in [0.1, 0.15) is 23.2 Å². The van der Waals surface area contributed by atoms with E-state index >= 15 is 0 Å². The molecule has 6 heteroatoms. The highest BCUT2D eigenvalue weighted by molar-refractivity contribution is 5.94. The highest BCUT2D eigenvalue weighted by Crippen LogP contribution is 2.18. The number of carbonyl (C=O) groups is 1. The van der Waals surface area contributed by atoms with Gasteiger partial charge in [0.2, 0.25) is 0 Å². The topological polar surface area (TPSA) is 48.9 Å². The zero-order valence-electron chi connectivity index (χ0n) is 14.1. The molecule has 0 N–H and O–H groups in total. The molecule has 0 aliphatic carbocycles. The van der Waals surface area contributed by atoms with Gasteiger partial charge in [0.05, 0.1) is 18.8 Å². The van der Waals surface area contributed by atoms with Crippen LogP contribution in [0.3, 0.4) is 0 Å². The van der Waals surface area contributed by atoms with E-state index in [0.717, 1.165) is 58.1 Å². The molecule has 126 valence electrons. The van der Waals surface area contributed by atoms with E-state index in [1.165, 1.54) is 0 Å². The molecular formula is C17H26N4O2. The van der Waals surface area contributed by atoms with E-state index in [1.807, 2.05) is 24.1 Å². The Labute approximate surface area is 138 Å². The van der Waals surface area contributed by atoms with Crippen LogP contribution in [0.25, 0.3) is 0 Å². The lowest BCUT2D eigenvalue weighted by molar-refractivity contribution is 0.0659. The first-order chi connectivity index (χ1) is 11.1. The van der Waals surface area contributed by atoms with Crippen molar-refractivity contribution in [1.82, 2.24) is 14.8 Å². The lowest BCUT2D eigenvalue weighted by atomic mass is 10.0. The molecule has 2 aliphatic heterocycles. The van der Waals surface area contributed by atoms with E-state index in [2.05, 4.69) is 21.8 Å². The molecular weight excluding hydrogens is 292 g/mol. The van der Waals surface area contributed by atoms with Gasteiger partial charge in [-0.05, 0) is 45.1 Å². The monoisotopic (exact) mass is 318 g/mol. The van der Waals surface area contributed by atoms with Gasteiger partial charge in [0, 0.05) is 32.4 Å². The van der Waals surface area contributed by atoms with Crippen LogP contribution in [0, 0.1) is 0 Å². The van der Waals surface area contributed by atoms with E-state index in [9.17, 15) is 4.79 Å². The predicted octanol–water partition coefficient (Wildman–Crippen LogP) is 1.08. The fourth-order valence-corrected chi connectivity index (χ4v) is 3.24. The third-order valence-corrected chi connectivity index (χ3v) is 4.89. The number of nitrogens with zero attached hydrogens (tertiary/aromatic N) is 4. The van der Waals surface area contributed by atoms with Crippen molar-refractivity contribution in [2.45, 2.75) is 18.9 Å². The van der Waals surface area contributed by atoms with Gasteiger partial charge in [0.1, 0.15) is 5.82 Å². The molecule has 3 rings (SSSR count). The number of anilines is 1. The molecule has 0 bridgehead atoms. The van der Waals surface area contributed by atoms with Gasteiger partial charge in [-0.1, -0.05) is 0 Å². The fraction of sp³-hybridized carbons (Fsp3) is 0.647. The number of amides is 1. The Morgan fingerprint density at radius 1 is 1.22 bits per heavy atom. The third-order valence-electron chi connectivity index (χ3n) is 4.89. The molecule has 3 heterocycles. The first-order valence-electron chi connectivity index (χ1n) is 8.39. The van der Waals surface area contributed by atoms with Crippen molar-refractivity contribution in [3.63, 3.8) is 0 Å². The Bertz CT molecular complexity index is 520. The summed E-state index contributed by atoms with van der Waals surface area (Å²) in [6.07, 6.45) is 3.79. The minimum atomic E-state index is 0.0700. The third kappa shape index (κ3) is 3.82. The van der Waals surface area contributed by atoms with Crippen molar-refractivity contribution in [1.29, 1.82) is 0 Å². The van der Waals surface area contributed by atoms with Gasteiger partial charge < -0.3 is 19.4 Å². The van der Waals surface area contributed by atoms with Gasteiger partial charge in [-0.15, -0.1) is 0 Å². The van der Waals surface area contributed by atoms with Crippen LogP contribution in [0.15, 0.2) is 18.3 Å². The summed E-state index contributed by atoms with van der Waals surface area (Å²) in [4.78, 5) is 23.5. The summed E-state index contributed by atoms with van der Waals surface area (Å²) in [5, 5.41) is 0. The molecule has 2 fully saturated rings. The molecule has 2 saturated heterocycles. The number of hydrogen-bond donors (Lipinski definition) is 0. The number of pyridine rings is 1. The van der Waals surface area contributed by atoms with E-state index < -0.39 is 0 Å². The van der Waals surface area contributed by atoms with Crippen molar-refractivity contribution in [2.75, 3.05) is 58.4 Å². The second-order valence-corrected chi connectivity index (χ2v) is 6.46. The van der Waals surface area contributed by atoms with Crippen molar-refractivity contribution < 1.29 is 9.53 Å². The lowest BCUT2D eigenvalue weighted by Gasteiger charge is -2.35. The average molecular weight is 318 g/mol. The van der Waals surface area contributed by atoms with Gasteiger partial charge in [-0.3, -0.25) is 4.79 Å². The molecule has 0 unspecified atom stereocenters. The van der Waals surface area contributed by atoms with Crippen LogP contribution < -0.4 is 4.90 Å². The minimum Gasteiger partial charge on any atom is -0.378 e. The maximum atomic E-state index is 12.7. The van der Waals surface area contributed by atoms with Gasteiger partial charge in [0.15, 0.2) is 0 Å². The number of piperidine rings is 1. The molecule has 1 aromatic heterocycles. The van der Waals surface area contributed by atoms with Gasteiger partial charge in [-0.2, -0.15) is 0 Å². The SMILES string of the molecule is CN1CCC(N(C)C(=O)c2ccc(N3CCOCC3)nc2)CC1. The zero-order valence-corrected chi connectivity index (χ0v) is 14.1. The summed E-state index contributed by atoms with van der Waals surface area (Å²) in [6.45, 7) is 5.29. The average Bonchev–Trinajstić information content (AvgIpc) is 2.62. The largest absolute Gasteiger partial charge is 0.378 e. The molecule has 0 saturated carbocycles. The van der Waals surface area contributed by atoms with Crippen molar-refractivity contribution in [3.8, 4) is 0 Å². The Hall–Kier alpha value is -1.66. The summed E-state index contributed by atoms with van der Waals surface area (Å²) in [6, 6.07) is 4.17. The van der Waals surface area contributed by atoms with Crippen LogP contribution in [-0.2, 0) is 4.74 Å². The van der Waals surface area contributed by atoms with Crippen LogP contribution in [0.2, 0.25) is 0 Å².